The van der Waals surface area contributed by atoms with E-state index in [1.165, 1.54) is 0 Å². The highest BCUT2D eigenvalue weighted by Gasteiger charge is 2.31. The zero-order valence-corrected chi connectivity index (χ0v) is 17.7. The maximum Gasteiger partial charge on any atom is 0.225 e. The number of amides is 1. The number of carbonyl (C=O) groups excluding carboxylic acids is 1. The van der Waals surface area contributed by atoms with Gasteiger partial charge in [-0.15, -0.1) is 0 Å². The van der Waals surface area contributed by atoms with Crippen LogP contribution in [0, 0.1) is 17.2 Å². The normalized spacial score (nSPS) is 16.1. The average Bonchev–Trinajstić information content (AvgIpc) is 3.27. The highest BCUT2D eigenvalue weighted by molar-refractivity contribution is 5.90. The fraction of sp³-hybridized carbons (Fsp3) is 0.320. The number of nitriles is 1. The van der Waals surface area contributed by atoms with E-state index in [1.807, 2.05) is 68.3 Å². The average molecular weight is 399 g/mol. The molecule has 1 saturated heterocycles. The Balaban J connectivity index is 1.75. The standard InChI is InChI=1S/C25H26N4O/c1-17(2)25(30)28(3)21-11-12-29(16-21)24-22(19-9-6-7-18(13-19)15-26)14-20-8-4-5-10-23(20)27-24/h4-10,13-14,17,21H,11-12,16H2,1-3H3/t21-/m0/s1. The maximum atomic E-state index is 12.5. The minimum Gasteiger partial charge on any atom is -0.354 e. The zero-order chi connectivity index (χ0) is 21.3. The van der Waals surface area contributed by atoms with Gasteiger partial charge in [0.1, 0.15) is 5.82 Å². The summed E-state index contributed by atoms with van der Waals surface area (Å²) in [7, 11) is 1.90. The number of fused-ring (bicyclic) bond motifs is 1. The van der Waals surface area contributed by atoms with Crippen LogP contribution in [0.25, 0.3) is 22.0 Å². The van der Waals surface area contributed by atoms with Crippen molar-refractivity contribution in [2.24, 2.45) is 5.92 Å². The number of hydrogen-bond donors (Lipinski definition) is 0. The second-order valence-corrected chi connectivity index (χ2v) is 8.24. The Morgan fingerprint density at radius 3 is 2.77 bits per heavy atom. The summed E-state index contributed by atoms with van der Waals surface area (Å²) in [6.45, 7) is 5.48. The van der Waals surface area contributed by atoms with Crippen LogP contribution in [0.15, 0.2) is 54.6 Å². The first-order chi connectivity index (χ1) is 14.5. The first-order valence-electron chi connectivity index (χ1n) is 10.4. The van der Waals surface area contributed by atoms with Gasteiger partial charge in [0.25, 0.3) is 0 Å². The molecule has 1 aliphatic rings. The molecule has 0 radical (unpaired) electrons. The Kier molecular flexibility index (Phi) is 5.41. The molecule has 4 rings (SSSR count). The van der Waals surface area contributed by atoms with Crippen molar-refractivity contribution < 1.29 is 4.79 Å². The molecule has 0 N–H and O–H groups in total. The topological polar surface area (TPSA) is 60.2 Å². The summed E-state index contributed by atoms with van der Waals surface area (Å²) in [4.78, 5) is 21.6. The number of likely N-dealkylation sites (N-methyl/N-ethyl adjacent to an activating group) is 1. The molecule has 0 unspecified atom stereocenters. The molecular formula is C25H26N4O. The van der Waals surface area contributed by atoms with Crippen molar-refractivity contribution >= 4 is 22.6 Å². The molecule has 5 nitrogen and oxygen atoms in total. The van der Waals surface area contributed by atoms with Crippen LogP contribution >= 0.6 is 0 Å². The van der Waals surface area contributed by atoms with Gasteiger partial charge in [0.2, 0.25) is 5.91 Å². The van der Waals surface area contributed by atoms with Crippen LogP contribution in [0.2, 0.25) is 0 Å². The summed E-state index contributed by atoms with van der Waals surface area (Å²) < 4.78 is 0. The predicted octanol–water partition coefficient (Wildman–Crippen LogP) is 4.47. The fourth-order valence-electron chi connectivity index (χ4n) is 4.15. The highest BCUT2D eigenvalue weighted by atomic mass is 16.2. The summed E-state index contributed by atoms with van der Waals surface area (Å²) >= 11 is 0. The largest absolute Gasteiger partial charge is 0.354 e. The highest BCUT2D eigenvalue weighted by Crippen LogP contribution is 2.35. The van der Waals surface area contributed by atoms with Crippen LogP contribution in [0.5, 0.6) is 0 Å². The lowest BCUT2D eigenvalue weighted by Crippen LogP contribution is -2.41. The molecule has 30 heavy (non-hydrogen) atoms. The monoisotopic (exact) mass is 398 g/mol. The van der Waals surface area contributed by atoms with Gasteiger partial charge in [-0.05, 0) is 36.2 Å². The van der Waals surface area contributed by atoms with Crippen LogP contribution in [0.4, 0.5) is 5.82 Å². The van der Waals surface area contributed by atoms with Crippen LogP contribution in [0.1, 0.15) is 25.8 Å². The van der Waals surface area contributed by atoms with Gasteiger partial charge in [-0.2, -0.15) is 5.26 Å². The zero-order valence-electron chi connectivity index (χ0n) is 17.7. The van der Waals surface area contributed by atoms with Crippen molar-refractivity contribution in [3.63, 3.8) is 0 Å². The molecule has 1 amide bonds. The quantitative estimate of drug-likeness (QED) is 0.651. The van der Waals surface area contributed by atoms with E-state index in [1.54, 1.807) is 0 Å². The Labute approximate surface area is 177 Å². The summed E-state index contributed by atoms with van der Waals surface area (Å²) in [6, 6.07) is 20.3. The Morgan fingerprint density at radius 1 is 1.20 bits per heavy atom. The summed E-state index contributed by atoms with van der Waals surface area (Å²) in [6.07, 6.45) is 0.918. The van der Waals surface area contributed by atoms with Crippen molar-refractivity contribution in [2.75, 3.05) is 25.0 Å². The van der Waals surface area contributed by atoms with E-state index in [2.05, 4.69) is 23.1 Å². The lowest BCUT2D eigenvalue weighted by atomic mass is 10.0. The summed E-state index contributed by atoms with van der Waals surface area (Å²) in [5.41, 5.74) is 3.58. The van der Waals surface area contributed by atoms with Crippen molar-refractivity contribution in [1.29, 1.82) is 5.26 Å². The van der Waals surface area contributed by atoms with Crippen molar-refractivity contribution in [2.45, 2.75) is 26.3 Å². The number of para-hydroxylation sites is 1. The molecule has 1 atom stereocenters. The molecule has 0 spiro atoms. The predicted molar refractivity (Wildman–Crippen MR) is 120 cm³/mol. The van der Waals surface area contributed by atoms with Crippen molar-refractivity contribution in [1.82, 2.24) is 9.88 Å². The van der Waals surface area contributed by atoms with E-state index in [4.69, 9.17) is 4.98 Å². The number of aromatic nitrogens is 1. The van der Waals surface area contributed by atoms with E-state index in [-0.39, 0.29) is 17.9 Å². The molecule has 0 bridgehead atoms. The van der Waals surface area contributed by atoms with E-state index < -0.39 is 0 Å². The van der Waals surface area contributed by atoms with E-state index in [0.717, 1.165) is 47.4 Å². The first kappa shape index (κ1) is 19.9. The van der Waals surface area contributed by atoms with Gasteiger partial charge < -0.3 is 9.80 Å². The van der Waals surface area contributed by atoms with Gasteiger partial charge in [0, 0.05) is 37.0 Å². The third-order valence-electron chi connectivity index (χ3n) is 5.86. The van der Waals surface area contributed by atoms with Gasteiger partial charge in [0.15, 0.2) is 0 Å². The molecule has 1 aromatic heterocycles. The van der Waals surface area contributed by atoms with Crippen LogP contribution < -0.4 is 4.90 Å². The van der Waals surface area contributed by atoms with Gasteiger partial charge >= 0.3 is 0 Å². The number of rotatable bonds is 4. The number of hydrogen-bond acceptors (Lipinski definition) is 4. The second kappa shape index (κ2) is 8.16. The number of anilines is 1. The van der Waals surface area contributed by atoms with Crippen LogP contribution in [-0.2, 0) is 4.79 Å². The molecule has 2 aromatic carbocycles. The molecule has 1 aliphatic heterocycles. The summed E-state index contributed by atoms with van der Waals surface area (Å²) in [5.74, 6) is 1.08. The molecule has 2 heterocycles. The van der Waals surface area contributed by atoms with Gasteiger partial charge in [-0.1, -0.05) is 44.2 Å². The van der Waals surface area contributed by atoms with E-state index in [0.29, 0.717) is 5.56 Å². The second-order valence-electron chi connectivity index (χ2n) is 8.24. The van der Waals surface area contributed by atoms with Crippen molar-refractivity contribution in [3.05, 3.63) is 60.2 Å². The SMILES string of the molecule is CC(C)C(=O)N(C)[C@H]1CCN(c2nc3ccccc3cc2-c2cccc(C#N)c2)C1. The van der Waals surface area contributed by atoms with Crippen LogP contribution in [0.3, 0.4) is 0 Å². The Hall–Kier alpha value is -3.39. The lowest BCUT2D eigenvalue weighted by Gasteiger charge is -2.27. The molecular weight excluding hydrogens is 372 g/mol. The molecule has 0 aliphatic carbocycles. The number of nitrogens with zero attached hydrogens (tertiary/aromatic N) is 4. The lowest BCUT2D eigenvalue weighted by molar-refractivity contribution is -0.134. The molecule has 0 saturated carbocycles. The third kappa shape index (κ3) is 3.73. The van der Waals surface area contributed by atoms with E-state index >= 15 is 0 Å². The molecule has 3 aromatic rings. The minimum atomic E-state index is -0.00729. The number of benzene rings is 2. The van der Waals surface area contributed by atoms with Crippen LogP contribution in [-0.4, -0.2) is 42.0 Å². The Bertz CT molecular complexity index is 1130. The minimum absolute atomic E-state index is 0.00729. The molecule has 5 heteroatoms. The first-order valence-corrected chi connectivity index (χ1v) is 10.4. The summed E-state index contributed by atoms with van der Waals surface area (Å²) in [5, 5.41) is 10.4. The maximum absolute atomic E-state index is 12.5. The number of pyridine rings is 1. The molecule has 1 fully saturated rings. The molecule has 152 valence electrons. The van der Waals surface area contributed by atoms with Gasteiger partial charge in [0.05, 0.1) is 23.2 Å². The smallest absolute Gasteiger partial charge is 0.225 e. The number of carbonyl (C=O) groups is 1. The fourth-order valence-corrected chi connectivity index (χ4v) is 4.15. The Morgan fingerprint density at radius 2 is 2.00 bits per heavy atom. The van der Waals surface area contributed by atoms with E-state index in [9.17, 15) is 10.1 Å². The van der Waals surface area contributed by atoms with Gasteiger partial charge in [-0.25, -0.2) is 4.98 Å². The van der Waals surface area contributed by atoms with Gasteiger partial charge in [-0.3, -0.25) is 4.79 Å². The van der Waals surface area contributed by atoms with Crippen molar-refractivity contribution in [3.8, 4) is 17.2 Å². The third-order valence-corrected chi connectivity index (χ3v) is 5.86.